The molecule has 0 bridgehead atoms. The average molecular weight is 454 g/mol. The summed E-state index contributed by atoms with van der Waals surface area (Å²) in [5.41, 5.74) is 1.15. The molecule has 2 aromatic carbocycles. The van der Waals surface area contributed by atoms with Crippen molar-refractivity contribution in [2.24, 2.45) is 0 Å². The lowest BCUT2D eigenvalue weighted by Gasteiger charge is -2.26. The Morgan fingerprint density at radius 1 is 1.12 bits per heavy atom. The van der Waals surface area contributed by atoms with Crippen molar-refractivity contribution < 1.29 is 33.0 Å². The van der Waals surface area contributed by atoms with Crippen LogP contribution in [-0.4, -0.2) is 62.5 Å². The molecule has 0 aliphatic carbocycles. The van der Waals surface area contributed by atoms with Crippen LogP contribution in [-0.2, 0) is 14.3 Å². The van der Waals surface area contributed by atoms with E-state index in [4.69, 9.17) is 14.2 Å². The lowest BCUT2D eigenvalue weighted by atomic mass is 10.1. The van der Waals surface area contributed by atoms with Crippen molar-refractivity contribution in [3.8, 4) is 11.5 Å². The number of allylic oxidation sites excluding steroid dienone is 1. The second-order valence-corrected chi connectivity index (χ2v) is 7.57. The third-order valence-electron chi connectivity index (χ3n) is 5.44. The van der Waals surface area contributed by atoms with Gasteiger partial charge in [0.1, 0.15) is 5.82 Å². The molecule has 33 heavy (non-hydrogen) atoms. The quantitative estimate of drug-likeness (QED) is 0.646. The van der Waals surface area contributed by atoms with Crippen molar-refractivity contribution >= 4 is 29.4 Å². The predicted octanol–water partition coefficient (Wildman–Crippen LogP) is 2.66. The van der Waals surface area contributed by atoms with E-state index in [9.17, 15) is 18.8 Å². The highest BCUT2D eigenvalue weighted by molar-refractivity contribution is 6.26. The Bertz CT molecular complexity index is 1140. The van der Waals surface area contributed by atoms with Crippen LogP contribution in [0.25, 0.3) is 6.08 Å². The fraction of sp³-hybridized carbons (Fsp3) is 0.292. The molecule has 4 rings (SSSR count). The van der Waals surface area contributed by atoms with E-state index in [0.717, 1.165) is 0 Å². The summed E-state index contributed by atoms with van der Waals surface area (Å²) in [7, 11) is 1.46. The van der Waals surface area contributed by atoms with Gasteiger partial charge in [-0.2, -0.15) is 0 Å². The Hall–Kier alpha value is -3.72. The molecule has 8 nitrogen and oxygen atoms in total. The van der Waals surface area contributed by atoms with E-state index in [1.165, 1.54) is 43.2 Å². The van der Waals surface area contributed by atoms with E-state index in [-0.39, 0.29) is 35.2 Å². The first-order valence-corrected chi connectivity index (χ1v) is 10.4. The molecular weight excluding hydrogens is 431 g/mol. The van der Waals surface area contributed by atoms with Crippen molar-refractivity contribution in [3.05, 3.63) is 59.0 Å². The molecule has 0 saturated carbocycles. The standard InChI is InChI=1S/C24H23FN2O6/c1-15(28)27-19-13-17(25)4-5-18(19)24(30)20(27)11-16-3-6-21(22(12-16)31-2)33-14-23(29)26-7-9-32-10-8-26/h3-6,11-13H,7-10,14H2,1-2H3/b20-11-. The van der Waals surface area contributed by atoms with E-state index < -0.39 is 11.7 Å². The predicted molar refractivity (Wildman–Crippen MR) is 118 cm³/mol. The van der Waals surface area contributed by atoms with Crippen LogP contribution in [0, 0.1) is 5.82 Å². The van der Waals surface area contributed by atoms with E-state index >= 15 is 0 Å². The number of nitrogens with zero attached hydrogens (tertiary/aromatic N) is 2. The first-order chi connectivity index (χ1) is 15.9. The number of ketones is 1. The Kier molecular flexibility index (Phi) is 6.41. The van der Waals surface area contributed by atoms with Gasteiger partial charge >= 0.3 is 0 Å². The summed E-state index contributed by atoms with van der Waals surface area (Å²) in [6, 6.07) is 8.66. The molecule has 0 aromatic heterocycles. The summed E-state index contributed by atoms with van der Waals surface area (Å²) in [5.74, 6) is -0.743. The topological polar surface area (TPSA) is 85.4 Å². The van der Waals surface area contributed by atoms with Gasteiger partial charge in [0.15, 0.2) is 18.1 Å². The van der Waals surface area contributed by atoms with Gasteiger partial charge in [0.05, 0.1) is 31.7 Å². The molecule has 0 spiro atoms. The molecule has 2 aromatic rings. The maximum Gasteiger partial charge on any atom is 0.260 e. The molecule has 0 atom stereocenters. The van der Waals surface area contributed by atoms with Gasteiger partial charge in [-0.25, -0.2) is 4.39 Å². The number of anilines is 1. The Morgan fingerprint density at radius 2 is 1.88 bits per heavy atom. The van der Waals surface area contributed by atoms with Crippen molar-refractivity contribution in [2.45, 2.75) is 6.92 Å². The molecule has 2 aliphatic rings. The number of Topliss-reactive ketones (excluding diaryl/α,β-unsaturated/α-hetero) is 1. The number of methoxy groups -OCH3 is 1. The first-order valence-electron chi connectivity index (χ1n) is 10.4. The number of rotatable bonds is 5. The van der Waals surface area contributed by atoms with Gasteiger partial charge in [-0.05, 0) is 42.0 Å². The number of ether oxygens (including phenoxy) is 3. The second kappa shape index (κ2) is 9.41. The largest absolute Gasteiger partial charge is 0.493 e. The maximum absolute atomic E-state index is 13.7. The molecule has 1 fully saturated rings. The minimum atomic E-state index is -0.538. The van der Waals surface area contributed by atoms with Crippen LogP contribution in [0.15, 0.2) is 42.1 Å². The van der Waals surface area contributed by atoms with Gasteiger partial charge < -0.3 is 19.1 Å². The van der Waals surface area contributed by atoms with E-state index in [2.05, 4.69) is 0 Å². The minimum Gasteiger partial charge on any atom is -0.493 e. The summed E-state index contributed by atoms with van der Waals surface area (Å²) in [5, 5.41) is 0. The highest BCUT2D eigenvalue weighted by Gasteiger charge is 2.35. The number of hydrogen-bond acceptors (Lipinski definition) is 6. The van der Waals surface area contributed by atoms with E-state index in [1.54, 1.807) is 23.1 Å². The third kappa shape index (κ3) is 4.58. The average Bonchev–Trinajstić information content (AvgIpc) is 3.09. The molecule has 172 valence electrons. The number of morpholine rings is 1. The van der Waals surface area contributed by atoms with Gasteiger partial charge in [-0.1, -0.05) is 6.07 Å². The monoisotopic (exact) mass is 454 g/mol. The van der Waals surface area contributed by atoms with Crippen molar-refractivity contribution in [3.63, 3.8) is 0 Å². The van der Waals surface area contributed by atoms with Crippen LogP contribution in [0.3, 0.4) is 0 Å². The number of hydrogen-bond donors (Lipinski definition) is 0. The molecule has 0 unspecified atom stereocenters. The zero-order valence-electron chi connectivity index (χ0n) is 18.3. The number of fused-ring (bicyclic) bond motifs is 1. The Labute approximate surface area is 190 Å². The summed E-state index contributed by atoms with van der Waals surface area (Å²) in [6.45, 7) is 3.23. The van der Waals surface area contributed by atoms with Crippen LogP contribution in [0.5, 0.6) is 11.5 Å². The second-order valence-electron chi connectivity index (χ2n) is 7.57. The molecule has 1 saturated heterocycles. The van der Waals surface area contributed by atoms with Gasteiger partial charge in [-0.15, -0.1) is 0 Å². The van der Waals surface area contributed by atoms with Crippen LogP contribution in [0.4, 0.5) is 10.1 Å². The zero-order valence-corrected chi connectivity index (χ0v) is 18.3. The van der Waals surface area contributed by atoms with E-state index in [1.807, 2.05) is 0 Å². The lowest BCUT2D eigenvalue weighted by Crippen LogP contribution is -2.43. The van der Waals surface area contributed by atoms with Crippen molar-refractivity contribution in [1.82, 2.24) is 4.90 Å². The Morgan fingerprint density at radius 3 is 2.58 bits per heavy atom. The molecule has 0 radical (unpaired) electrons. The number of halogens is 1. The highest BCUT2D eigenvalue weighted by atomic mass is 19.1. The first kappa shape index (κ1) is 22.5. The van der Waals surface area contributed by atoms with E-state index in [0.29, 0.717) is 43.4 Å². The van der Waals surface area contributed by atoms with Crippen LogP contribution >= 0.6 is 0 Å². The molecule has 2 amide bonds. The normalized spacial score (nSPS) is 16.7. The molecule has 2 aliphatic heterocycles. The summed E-state index contributed by atoms with van der Waals surface area (Å²) < 4.78 is 30.0. The molecular formula is C24H23FN2O6. The van der Waals surface area contributed by atoms with Gasteiger partial charge in [0.2, 0.25) is 11.7 Å². The minimum absolute atomic E-state index is 0.112. The van der Waals surface area contributed by atoms with Crippen molar-refractivity contribution in [1.29, 1.82) is 0 Å². The van der Waals surface area contributed by atoms with Crippen LogP contribution < -0.4 is 14.4 Å². The van der Waals surface area contributed by atoms with Gasteiger partial charge in [0.25, 0.3) is 5.91 Å². The Balaban J connectivity index is 1.56. The van der Waals surface area contributed by atoms with Crippen LogP contribution in [0.1, 0.15) is 22.8 Å². The summed E-state index contributed by atoms with van der Waals surface area (Å²) >= 11 is 0. The summed E-state index contributed by atoms with van der Waals surface area (Å²) in [4.78, 5) is 40.3. The fourth-order valence-electron chi connectivity index (χ4n) is 3.82. The molecule has 9 heteroatoms. The van der Waals surface area contributed by atoms with Gasteiger partial charge in [0, 0.05) is 25.6 Å². The number of carbonyl (C=O) groups excluding carboxylic acids is 3. The highest BCUT2D eigenvalue weighted by Crippen LogP contribution is 2.37. The van der Waals surface area contributed by atoms with Crippen molar-refractivity contribution in [2.75, 3.05) is 44.9 Å². The molecule has 2 heterocycles. The molecule has 0 N–H and O–H groups in total. The number of benzene rings is 2. The third-order valence-corrected chi connectivity index (χ3v) is 5.44. The number of amides is 2. The fourth-order valence-corrected chi connectivity index (χ4v) is 3.82. The van der Waals surface area contributed by atoms with Crippen LogP contribution in [0.2, 0.25) is 0 Å². The zero-order chi connectivity index (χ0) is 23.5. The smallest absolute Gasteiger partial charge is 0.260 e. The summed E-state index contributed by atoms with van der Waals surface area (Å²) in [6.07, 6.45) is 1.53. The SMILES string of the molecule is COc1cc(/C=C2/C(=O)c3ccc(F)cc3N2C(C)=O)ccc1OCC(=O)N1CCOCC1. The lowest BCUT2D eigenvalue weighted by molar-refractivity contribution is -0.137. The maximum atomic E-state index is 13.7. The number of carbonyl (C=O) groups is 3. The van der Waals surface area contributed by atoms with Gasteiger partial charge in [-0.3, -0.25) is 19.3 Å².